The smallest absolute Gasteiger partial charge is 0.338 e. The first-order valence-corrected chi connectivity index (χ1v) is 8.69. The number of nitrogens with one attached hydrogen (secondary N) is 1. The van der Waals surface area contributed by atoms with Crippen molar-refractivity contribution in [2.45, 2.75) is 0 Å². The lowest BCUT2D eigenvalue weighted by Gasteiger charge is -2.14. The summed E-state index contributed by atoms with van der Waals surface area (Å²) in [5.74, 6) is -3.10. The molecule has 0 saturated heterocycles. The van der Waals surface area contributed by atoms with E-state index in [1.807, 2.05) is 0 Å². The van der Waals surface area contributed by atoms with E-state index < -0.39 is 36.3 Å². The number of nitrogens with two attached hydrogens (primary N) is 1. The number of esters is 1. The molecule has 2 aromatic rings. The lowest BCUT2D eigenvalue weighted by atomic mass is 10.1. The van der Waals surface area contributed by atoms with Crippen molar-refractivity contribution in [3.8, 4) is 0 Å². The first-order valence-electron chi connectivity index (χ1n) is 7.93. The molecule has 0 radical (unpaired) electrons. The average molecular weight is 436 g/mol. The number of rotatable bonds is 4. The molecule has 0 fully saturated rings. The molecule has 0 spiro atoms. The van der Waals surface area contributed by atoms with E-state index in [1.54, 1.807) is 5.32 Å². The quantitative estimate of drug-likeness (QED) is 0.557. The molecule has 3 rings (SSSR count). The van der Waals surface area contributed by atoms with Gasteiger partial charge in [-0.2, -0.15) is 0 Å². The van der Waals surface area contributed by atoms with Crippen LogP contribution in [0.3, 0.4) is 0 Å². The van der Waals surface area contributed by atoms with E-state index in [0.29, 0.717) is 0 Å². The Labute approximate surface area is 173 Å². The van der Waals surface area contributed by atoms with Gasteiger partial charge in [0.2, 0.25) is 0 Å². The third kappa shape index (κ3) is 4.05. The van der Waals surface area contributed by atoms with Gasteiger partial charge in [-0.05, 0) is 36.4 Å². The Balaban J connectivity index is 1.82. The van der Waals surface area contributed by atoms with Gasteiger partial charge in [0.1, 0.15) is 0 Å². The molecule has 1 heterocycles. The summed E-state index contributed by atoms with van der Waals surface area (Å²) < 4.78 is 4.75. The number of halogens is 2. The number of nitrogens with zero attached hydrogens (tertiary/aromatic N) is 1. The molecule has 0 aliphatic carbocycles. The zero-order valence-electron chi connectivity index (χ0n) is 14.4. The van der Waals surface area contributed by atoms with E-state index in [1.165, 1.54) is 36.4 Å². The largest absolute Gasteiger partial charge is 0.452 e. The van der Waals surface area contributed by atoms with Crippen LogP contribution in [0.1, 0.15) is 31.1 Å². The third-order valence-electron chi connectivity index (χ3n) is 3.88. The maximum absolute atomic E-state index is 12.7. The minimum Gasteiger partial charge on any atom is -0.452 e. The number of hydrogen-bond donors (Lipinski definition) is 2. The number of urea groups is 1. The van der Waals surface area contributed by atoms with Crippen molar-refractivity contribution < 1.29 is 28.7 Å². The predicted octanol–water partition coefficient (Wildman–Crippen LogP) is 2.15. The lowest BCUT2D eigenvalue weighted by molar-refractivity contribution is -0.123. The number of amides is 5. The van der Waals surface area contributed by atoms with Crippen LogP contribution in [0.25, 0.3) is 0 Å². The van der Waals surface area contributed by atoms with Crippen molar-refractivity contribution in [2.24, 2.45) is 5.73 Å². The number of benzene rings is 2. The van der Waals surface area contributed by atoms with E-state index in [2.05, 4.69) is 0 Å². The van der Waals surface area contributed by atoms with Gasteiger partial charge in [0.05, 0.1) is 32.4 Å². The van der Waals surface area contributed by atoms with Gasteiger partial charge in [-0.15, -0.1) is 0 Å². The normalized spacial score (nSPS) is 12.6. The van der Waals surface area contributed by atoms with Crippen molar-refractivity contribution >= 4 is 58.6 Å². The first-order chi connectivity index (χ1) is 13.7. The summed E-state index contributed by atoms with van der Waals surface area (Å²) in [6.07, 6.45) is 0. The van der Waals surface area contributed by atoms with Crippen molar-refractivity contribution in [3.05, 3.63) is 63.1 Å². The van der Waals surface area contributed by atoms with Gasteiger partial charge in [-0.1, -0.05) is 23.2 Å². The van der Waals surface area contributed by atoms with E-state index in [-0.39, 0.29) is 32.4 Å². The molecule has 5 amide bonds. The standard InChI is InChI=1S/C18H11Cl2N3O6/c19-12-4-2-9(6-13(12)20)23-15(25)10-3-1-8(5-11(10)16(23)26)17(27)29-7-14(24)22-18(21)28/h1-6H,7H2,(H3,21,22,24,28). The molecule has 9 nitrogen and oxygen atoms in total. The lowest BCUT2D eigenvalue weighted by Crippen LogP contribution is -2.37. The minimum atomic E-state index is -1.09. The van der Waals surface area contributed by atoms with Gasteiger partial charge in [-0.25, -0.2) is 14.5 Å². The van der Waals surface area contributed by atoms with Crippen LogP contribution in [0.4, 0.5) is 10.5 Å². The molecule has 29 heavy (non-hydrogen) atoms. The Hall–Kier alpha value is -3.43. The summed E-state index contributed by atoms with van der Waals surface area (Å²) in [4.78, 5) is 60.2. The molecule has 148 valence electrons. The number of anilines is 1. The number of ether oxygens (including phenoxy) is 1. The highest BCUT2D eigenvalue weighted by Crippen LogP contribution is 2.33. The minimum absolute atomic E-state index is 0.0166. The number of carbonyl (C=O) groups excluding carboxylic acids is 5. The van der Waals surface area contributed by atoms with Crippen LogP contribution in [0.5, 0.6) is 0 Å². The molecule has 1 aliphatic rings. The average Bonchev–Trinajstić information content (AvgIpc) is 2.92. The maximum Gasteiger partial charge on any atom is 0.338 e. The molecule has 0 atom stereocenters. The summed E-state index contributed by atoms with van der Waals surface area (Å²) >= 11 is 11.8. The second-order valence-corrected chi connectivity index (χ2v) is 6.61. The molecule has 1 aliphatic heterocycles. The van der Waals surface area contributed by atoms with Crippen molar-refractivity contribution in [2.75, 3.05) is 11.5 Å². The van der Waals surface area contributed by atoms with Gasteiger partial charge >= 0.3 is 12.0 Å². The Bertz CT molecular complexity index is 1090. The summed E-state index contributed by atoms with van der Waals surface area (Å²) in [5, 5.41) is 2.16. The second-order valence-electron chi connectivity index (χ2n) is 5.79. The number of carbonyl (C=O) groups is 5. The highest BCUT2D eigenvalue weighted by Gasteiger charge is 2.37. The van der Waals surface area contributed by atoms with Gasteiger partial charge < -0.3 is 10.5 Å². The van der Waals surface area contributed by atoms with Crippen molar-refractivity contribution in [1.29, 1.82) is 0 Å². The SMILES string of the molecule is NC(=O)NC(=O)COC(=O)c1ccc2c(c1)C(=O)N(c1ccc(Cl)c(Cl)c1)C2=O. The number of imide groups is 2. The van der Waals surface area contributed by atoms with Gasteiger partial charge in [0.15, 0.2) is 6.61 Å². The van der Waals surface area contributed by atoms with Crippen LogP contribution >= 0.6 is 23.2 Å². The number of primary amides is 1. The highest BCUT2D eigenvalue weighted by molar-refractivity contribution is 6.42. The first kappa shape index (κ1) is 20.3. The van der Waals surface area contributed by atoms with E-state index >= 15 is 0 Å². The summed E-state index contributed by atoms with van der Waals surface area (Å²) in [6, 6.07) is 6.95. The predicted molar refractivity (Wildman–Crippen MR) is 102 cm³/mol. The molecule has 0 saturated carbocycles. The number of hydrogen-bond acceptors (Lipinski definition) is 6. The van der Waals surface area contributed by atoms with Crippen molar-refractivity contribution in [3.63, 3.8) is 0 Å². The Morgan fingerprint density at radius 1 is 0.966 bits per heavy atom. The number of fused-ring (bicyclic) bond motifs is 1. The fourth-order valence-electron chi connectivity index (χ4n) is 2.61. The molecule has 0 unspecified atom stereocenters. The molecule has 0 aromatic heterocycles. The molecule has 3 N–H and O–H groups in total. The summed E-state index contributed by atoms with van der Waals surface area (Å²) in [6.45, 7) is -0.749. The zero-order valence-corrected chi connectivity index (χ0v) is 15.9. The second kappa shape index (κ2) is 7.90. The van der Waals surface area contributed by atoms with E-state index in [4.69, 9.17) is 33.7 Å². The van der Waals surface area contributed by atoms with Crippen LogP contribution in [-0.4, -0.2) is 36.3 Å². The maximum atomic E-state index is 12.7. The topological polar surface area (TPSA) is 136 Å². The zero-order chi connectivity index (χ0) is 21.3. The van der Waals surface area contributed by atoms with E-state index in [9.17, 15) is 24.0 Å². The van der Waals surface area contributed by atoms with Gasteiger partial charge in [0.25, 0.3) is 17.7 Å². The highest BCUT2D eigenvalue weighted by atomic mass is 35.5. The van der Waals surface area contributed by atoms with E-state index in [0.717, 1.165) is 4.90 Å². The van der Waals surface area contributed by atoms with Crippen LogP contribution in [0.15, 0.2) is 36.4 Å². The monoisotopic (exact) mass is 435 g/mol. The molecular weight excluding hydrogens is 425 g/mol. The Morgan fingerprint density at radius 2 is 1.66 bits per heavy atom. The van der Waals surface area contributed by atoms with Crippen molar-refractivity contribution in [1.82, 2.24) is 5.32 Å². The van der Waals surface area contributed by atoms with Crippen LogP contribution in [0.2, 0.25) is 10.0 Å². The molecule has 2 aromatic carbocycles. The van der Waals surface area contributed by atoms with Crippen LogP contribution < -0.4 is 16.0 Å². The van der Waals surface area contributed by atoms with Gasteiger partial charge in [0, 0.05) is 0 Å². The Morgan fingerprint density at radius 3 is 2.31 bits per heavy atom. The fourth-order valence-corrected chi connectivity index (χ4v) is 2.91. The molecule has 11 heteroatoms. The molecule has 0 bridgehead atoms. The van der Waals surface area contributed by atoms with Crippen LogP contribution in [-0.2, 0) is 9.53 Å². The summed E-state index contributed by atoms with van der Waals surface area (Å²) in [7, 11) is 0. The Kier molecular flexibility index (Phi) is 5.53. The molecular formula is C18H11Cl2N3O6. The fraction of sp³-hybridized carbons (Fsp3) is 0.0556. The van der Waals surface area contributed by atoms with Crippen LogP contribution in [0, 0.1) is 0 Å². The third-order valence-corrected chi connectivity index (χ3v) is 4.62. The van der Waals surface area contributed by atoms with Gasteiger partial charge in [-0.3, -0.25) is 19.7 Å². The summed E-state index contributed by atoms with van der Waals surface area (Å²) in [5.41, 5.74) is 5.01.